The molecule has 0 aliphatic heterocycles. The Morgan fingerprint density at radius 1 is 0.800 bits per heavy atom. The second kappa shape index (κ2) is 9.60. The second-order valence-electron chi connectivity index (χ2n) is 6.76. The highest BCUT2D eigenvalue weighted by molar-refractivity contribution is 6.10. The Hall–Kier alpha value is -3.80. The number of hydrogen-bond donors (Lipinski definition) is 2. The number of anilines is 2. The van der Waals surface area contributed by atoms with Crippen molar-refractivity contribution in [3.8, 4) is 11.5 Å². The zero-order valence-corrected chi connectivity index (χ0v) is 17.2. The number of ether oxygens (including phenoxy) is 2. The molecule has 154 valence electrons. The summed E-state index contributed by atoms with van der Waals surface area (Å²) in [6.07, 6.45) is 0. The lowest BCUT2D eigenvalue weighted by atomic mass is 10.1. The van der Waals surface area contributed by atoms with E-state index in [2.05, 4.69) is 10.6 Å². The van der Waals surface area contributed by atoms with Gasteiger partial charge < -0.3 is 20.1 Å². The normalized spacial score (nSPS) is 10.2. The Balaban J connectivity index is 1.66. The summed E-state index contributed by atoms with van der Waals surface area (Å²) in [4.78, 5) is 25.2. The smallest absolute Gasteiger partial charge is 0.262 e. The van der Waals surface area contributed by atoms with Crippen LogP contribution in [0.4, 0.5) is 11.4 Å². The van der Waals surface area contributed by atoms with Crippen LogP contribution in [0.15, 0.2) is 66.7 Å². The summed E-state index contributed by atoms with van der Waals surface area (Å²) in [6.45, 7) is 3.76. The number of nitrogens with one attached hydrogen (secondary N) is 2. The lowest BCUT2D eigenvalue weighted by Crippen LogP contribution is -2.23. The molecule has 6 heteroatoms. The molecule has 0 heterocycles. The maximum atomic E-state index is 12.8. The van der Waals surface area contributed by atoms with Gasteiger partial charge in [0, 0.05) is 5.69 Å². The molecule has 2 amide bonds. The van der Waals surface area contributed by atoms with Gasteiger partial charge >= 0.3 is 0 Å². The molecule has 0 fully saturated rings. The van der Waals surface area contributed by atoms with Crippen molar-refractivity contribution in [2.75, 3.05) is 24.4 Å². The van der Waals surface area contributed by atoms with Crippen molar-refractivity contribution in [3.63, 3.8) is 0 Å². The van der Waals surface area contributed by atoms with Crippen LogP contribution in [0.5, 0.6) is 11.5 Å². The van der Waals surface area contributed by atoms with Crippen LogP contribution in [0.3, 0.4) is 0 Å². The van der Waals surface area contributed by atoms with E-state index < -0.39 is 0 Å². The molecule has 0 aliphatic carbocycles. The molecule has 30 heavy (non-hydrogen) atoms. The second-order valence-corrected chi connectivity index (χ2v) is 6.76. The summed E-state index contributed by atoms with van der Waals surface area (Å²) in [7, 11) is 1.58. The third-order valence-corrected chi connectivity index (χ3v) is 4.73. The van der Waals surface area contributed by atoms with E-state index in [9.17, 15) is 9.59 Å². The molecule has 0 bridgehead atoms. The molecule has 3 aromatic carbocycles. The molecule has 0 spiro atoms. The van der Waals surface area contributed by atoms with Crippen molar-refractivity contribution in [3.05, 3.63) is 83.4 Å². The van der Waals surface area contributed by atoms with Crippen LogP contribution in [0.1, 0.15) is 21.5 Å². The number of para-hydroxylation sites is 1. The summed E-state index contributed by atoms with van der Waals surface area (Å²) in [6, 6.07) is 19.5. The molecule has 0 saturated carbocycles. The zero-order valence-electron chi connectivity index (χ0n) is 17.2. The Morgan fingerprint density at radius 2 is 1.47 bits per heavy atom. The first-order chi connectivity index (χ1) is 14.5. The Labute approximate surface area is 175 Å². The van der Waals surface area contributed by atoms with E-state index in [4.69, 9.17) is 9.47 Å². The summed E-state index contributed by atoms with van der Waals surface area (Å²) in [5.41, 5.74) is 3.62. The Morgan fingerprint density at radius 3 is 2.20 bits per heavy atom. The highest BCUT2D eigenvalue weighted by atomic mass is 16.5. The van der Waals surface area contributed by atoms with Gasteiger partial charge in [0.1, 0.15) is 11.5 Å². The SMILES string of the molecule is COc1ccc(OCC(=O)Nc2ccccc2C(=O)Nc2cccc(C)c2C)cc1. The van der Waals surface area contributed by atoms with E-state index in [1.54, 1.807) is 55.6 Å². The molecular weight excluding hydrogens is 380 g/mol. The highest BCUT2D eigenvalue weighted by Crippen LogP contribution is 2.22. The van der Waals surface area contributed by atoms with Gasteiger partial charge in [0.25, 0.3) is 11.8 Å². The first kappa shape index (κ1) is 20.9. The number of aryl methyl sites for hydroxylation is 1. The summed E-state index contributed by atoms with van der Waals surface area (Å²) < 4.78 is 10.6. The third-order valence-electron chi connectivity index (χ3n) is 4.73. The predicted octanol–water partition coefficient (Wildman–Crippen LogP) is 4.58. The molecule has 2 N–H and O–H groups in total. The van der Waals surface area contributed by atoms with Crippen molar-refractivity contribution < 1.29 is 19.1 Å². The third kappa shape index (κ3) is 5.17. The van der Waals surface area contributed by atoms with Crippen LogP contribution in [0, 0.1) is 13.8 Å². The quantitative estimate of drug-likeness (QED) is 0.604. The van der Waals surface area contributed by atoms with Crippen molar-refractivity contribution in [1.29, 1.82) is 0 Å². The van der Waals surface area contributed by atoms with Gasteiger partial charge in [-0.05, 0) is 67.4 Å². The van der Waals surface area contributed by atoms with Crippen molar-refractivity contribution in [2.45, 2.75) is 13.8 Å². The first-order valence-corrected chi connectivity index (χ1v) is 9.51. The van der Waals surface area contributed by atoms with Gasteiger partial charge in [0.15, 0.2) is 6.61 Å². The van der Waals surface area contributed by atoms with Gasteiger partial charge in [-0.1, -0.05) is 24.3 Å². The summed E-state index contributed by atoms with van der Waals surface area (Å²) >= 11 is 0. The minimum absolute atomic E-state index is 0.181. The number of amides is 2. The van der Waals surface area contributed by atoms with E-state index in [1.165, 1.54) is 0 Å². The standard InChI is InChI=1S/C24H24N2O4/c1-16-7-6-10-21(17(16)2)26-24(28)20-8-4-5-9-22(20)25-23(27)15-30-19-13-11-18(29-3)12-14-19/h4-14H,15H2,1-3H3,(H,25,27)(H,26,28). The molecule has 0 aromatic heterocycles. The average molecular weight is 404 g/mol. The van der Waals surface area contributed by atoms with Gasteiger partial charge in [-0.25, -0.2) is 0 Å². The van der Waals surface area contributed by atoms with Crippen molar-refractivity contribution >= 4 is 23.2 Å². The molecule has 3 rings (SSSR count). The molecular formula is C24H24N2O4. The van der Waals surface area contributed by atoms with Crippen LogP contribution in [0.25, 0.3) is 0 Å². The molecule has 3 aromatic rings. The largest absolute Gasteiger partial charge is 0.497 e. The number of rotatable bonds is 7. The van der Waals surface area contributed by atoms with Gasteiger partial charge in [-0.2, -0.15) is 0 Å². The van der Waals surface area contributed by atoms with Gasteiger partial charge in [0.05, 0.1) is 18.4 Å². The lowest BCUT2D eigenvalue weighted by Gasteiger charge is -2.14. The first-order valence-electron chi connectivity index (χ1n) is 9.51. The topological polar surface area (TPSA) is 76.7 Å². The van der Waals surface area contributed by atoms with E-state index in [1.807, 2.05) is 32.0 Å². The van der Waals surface area contributed by atoms with Crippen LogP contribution >= 0.6 is 0 Å². The lowest BCUT2D eigenvalue weighted by molar-refractivity contribution is -0.118. The number of hydrogen-bond acceptors (Lipinski definition) is 4. The van der Waals surface area contributed by atoms with Crippen molar-refractivity contribution in [2.24, 2.45) is 0 Å². The molecule has 0 atom stereocenters. The molecule has 0 aliphatic rings. The van der Waals surface area contributed by atoms with Gasteiger partial charge in [-0.15, -0.1) is 0 Å². The van der Waals surface area contributed by atoms with E-state index in [0.29, 0.717) is 22.7 Å². The Bertz CT molecular complexity index is 1050. The fourth-order valence-corrected chi connectivity index (χ4v) is 2.87. The summed E-state index contributed by atoms with van der Waals surface area (Å²) in [5, 5.41) is 5.66. The van der Waals surface area contributed by atoms with Gasteiger partial charge in [-0.3, -0.25) is 9.59 Å². The molecule has 6 nitrogen and oxygen atoms in total. The average Bonchev–Trinajstić information content (AvgIpc) is 2.76. The molecule has 0 saturated heterocycles. The zero-order chi connectivity index (χ0) is 21.5. The number of carbonyl (C=O) groups is 2. The van der Waals surface area contributed by atoms with Crippen LogP contribution < -0.4 is 20.1 Å². The Kier molecular flexibility index (Phi) is 6.70. The van der Waals surface area contributed by atoms with Crippen molar-refractivity contribution in [1.82, 2.24) is 0 Å². The predicted molar refractivity (Wildman–Crippen MR) is 117 cm³/mol. The van der Waals surface area contributed by atoms with Crippen LogP contribution in [-0.2, 0) is 4.79 Å². The monoisotopic (exact) mass is 404 g/mol. The van der Waals surface area contributed by atoms with E-state index in [-0.39, 0.29) is 18.4 Å². The minimum atomic E-state index is -0.363. The number of carbonyl (C=O) groups excluding carboxylic acids is 2. The maximum absolute atomic E-state index is 12.8. The minimum Gasteiger partial charge on any atom is -0.497 e. The fraction of sp³-hybridized carbons (Fsp3) is 0.167. The van der Waals surface area contributed by atoms with Crippen LogP contribution in [0.2, 0.25) is 0 Å². The maximum Gasteiger partial charge on any atom is 0.262 e. The molecule has 0 unspecified atom stereocenters. The van der Waals surface area contributed by atoms with Gasteiger partial charge in [0.2, 0.25) is 0 Å². The number of benzene rings is 3. The molecule has 0 radical (unpaired) electrons. The fourth-order valence-electron chi connectivity index (χ4n) is 2.87. The summed E-state index contributed by atoms with van der Waals surface area (Å²) in [5.74, 6) is 0.593. The number of methoxy groups -OCH3 is 1. The van der Waals surface area contributed by atoms with Crippen LogP contribution in [-0.4, -0.2) is 25.5 Å². The highest BCUT2D eigenvalue weighted by Gasteiger charge is 2.15. The van der Waals surface area contributed by atoms with E-state index in [0.717, 1.165) is 16.8 Å². The van der Waals surface area contributed by atoms with E-state index >= 15 is 0 Å².